The maximum absolute atomic E-state index is 13.8. The molecule has 0 amide bonds. The van der Waals surface area contributed by atoms with E-state index in [-0.39, 0.29) is 11.4 Å². The molecule has 1 N–H and O–H groups in total. The maximum atomic E-state index is 13.8. The lowest BCUT2D eigenvalue weighted by molar-refractivity contribution is 0.576. The van der Waals surface area contributed by atoms with Crippen LogP contribution in [0.1, 0.15) is 39.0 Å². The second-order valence-corrected chi connectivity index (χ2v) is 7.33. The van der Waals surface area contributed by atoms with Gasteiger partial charge < -0.3 is 4.90 Å². The molecule has 0 bridgehead atoms. The van der Waals surface area contributed by atoms with Crippen molar-refractivity contribution >= 4 is 21.4 Å². The normalized spacial score (nSPS) is 16.0. The SMILES string of the molecule is CCCCS(=O)(=O)Nc1cc(N2CCCCC2)ccc1F. The van der Waals surface area contributed by atoms with E-state index < -0.39 is 15.8 Å². The van der Waals surface area contributed by atoms with Gasteiger partial charge in [-0.05, 0) is 43.9 Å². The van der Waals surface area contributed by atoms with Crippen molar-refractivity contribution < 1.29 is 12.8 Å². The van der Waals surface area contributed by atoms with E-state index in [1.807, 2.05) is 6.92 Å². The number of unbranched alkanes of at least 4 members (excludes halogenated alkanes) is 1. The zero-order valence-electron chi connectivity index (χ0n) is 12.4. The van der Waals surface area contributed by atoms with Gasteiger partial charge in [-0.3, -0.25) is 4.72 Å². The van der Waals surface area contributed by atoms with Gasteiger partial charge in [0.2, 0.25) is 10.0 Å². The van der Waals surface area contributed by atoms with E-state index in [1.54, 1.807) is 12.1 Å². The van der Waals surface area contributed by atoms with Crippen molar-refractivity contribution in [3.8, 4) is 0 Å². The van der Waals surface area contributed by atoms with E-state index in [0.29, 0.717) is 6.42 Å². The van der Waals surface area contributed by atoms with E-state index >= 15 is 0 Å². The Bertz CT molecular complexity index is 569. The monoisotopic (exact) mass is 314 g/mol. The van der Waals surface area contributed by atoms with Gasteiger partial charge in [-0.2, -0.15) is 0 Å². The van der Waals surface area contributed by atoms with Crippen LogP contribution in [0.15, 0.2) is 18.2 Å². The number of benzene rings is 1. The number of sulfonamides is 1. The average molecular weight is 314 g/mol. The second kappa shape index (κ2) is 7.11. The van der Waals surface area contributed by atoms with E-state index in [1.165, 1.54) is 12.5 Å². The minimum absolute atomic E-state index is 0.0247. The molecule has 0 spiro atoms. The van der Waals surface area contributed by atoms with Crippen LogP contribution in [-0.2, 0) is 10.0 Å². The smallest absolute Gasteiger partial charge is 0.232 e. The fourth-order valence-corrected chi connectivity index (χ4v) is 3.76. The summed E-state index contributed by atoms with van der Waals surface area (Å²) in [5, 5.41) is 0. The number of rotatable bonds is 6. The Labute approximate surface area is 126 Å². The Morgan fingerprint density at radius 2 is 1.95 bits per heavy atom. The van der Waals surface area contributed by atoms with Gasteiger partial charge in [0.05, 0.1) is 11.4 Å². The fourth-order valence-electron chi connectivity index (χ4n) is 2.49. The zero-order valence-corrected chi connectivity index (χ0v) is 13.3. The van der Waals surface area contributed by atoms with Crippen molar-refractivity contribution in [1.29, 1.82) is 0 Å². The van der Waals surface area contributed by atoms with Gasteiger partial charge in [0.15, 0.2) is 0 Å². The van der Waals surface area contributed by atoms with Crippen molar-refractivity contribution in [1.82, 2.24) is 0 Å². The summed E-state index contributed by atoms with van der Waals surface area (Å²) in [5.41, 5.74) is 0.929. The van der Waals surface area contributed by atoms with Crippen LogP contribution in [0.3, 0.4) is 0 Å². The summed E-state index contributed by atoms with van der Waals surface area (Å²) in [4.78, 5) is 2.17. The minimum atomic E-state index is -3.48. The third kappa shape index (κ3) is 4.59. The molecule has 2 rings (SSSR count). The Hall–Kier alpha value is -1.30. The first kappa shape index (κ1) is 16.1. The van der Waals surface area contributed by atoms with Gasteiger partial charge in [0.25, 0.3) is 0 Å². The van der Waals surface area contributed by atoms with E-state index in [0.717, 1.165) is 38.0 Å². The highest BCUT2D eigenvalue weighted by Crippen LogP contribution is 2.26. The third-order valence-corrected chi connectivity index (χ3v) is 5.06. The van der Waals surface area contributed by atoms with Crippen LogP contribution in [0.4, 0.5) is 15.8 Å². The van der Waals surface area contributed by atoms with Crippen molar-refractivity contribution in [3.05, 3.63) is 24.0 Å². The summed E-state index contributed by atoms with van der Waals surface area (Å²) >= 11 is 0. The molecule has 0 radical (unpaired) electrons. The van der Waals surface area contributed by atoms with Crippen LogP contribution in [0, 0.1) is 5.82 Å². The Kier molecular flexibility index (Phi) is 5.45. The molecular weight excluding hydrogens is 291 g/mol. The van der Waals surface area contributed by atoms with E-state index in [4.69, 9.17) is 0 Å². The Balaban J connectivity index is 2.15. The highest BCUT2D eigenvalue weighted by Gasteiger charge is 2.16. The number of hydrogen-bond donors (Lipinski definition) is 1. The molecule has 1 aliphatic heterocycles. The standard InChI is InChI=1S/C15H23FN2O2S/c1-2-3-11-21(19,20)17-15-12-13(7-8-14(15)16)18-9-5-4-6-10-18/h7-8,12,17H,2-6,9-11H2,1H3. The lowest BCUT2D eigenvalue weighted by atomic mass is 10.1. The van der Waals surface area contributed by atoms with Gasteiger partial charge in [-0.25, -0.2) is 12.8 Å². The van der Waals surface area contributed by atoms with Crippen LogP contribution in [0.2, 0.25) is 0 Å². The van der Waals surface area contributed by atoms with Crippen molar-refractivity contribution in [2.75, 3.05) is 28.5 Å². The van der Waals surface area contributed by atoms with Crippen molar-refractivity contribution in [3.63, 3.8) is 0 Å². The van der Waals surface area contributed by atoms with Crippen molar-refractivity contribution in [2.24, 2.45) is 0 Å². The summed E-state index contributed by atoms with van der Waals surface area (Å²) in [7, 11) is -3.48. The number of halogens is 1. The molecule has 1 aromatic rings. The van der Waals surface area contributed by atoms with Crippen molar-refractivity contribution in [2.45, 2.75) is 39.0 Å². The van der Waals surface area contributed by atoms with Gasteiger partial charge in [0.1, 0.15) is 5.82 Å². The molecule has 1 heterocycles. The first-order chi connectivity index (χ1) is 10.0. The predicted molar refractivity (Wildman–Crippen MR) is 84.8 cm³/mol. The molecule has 0 aromatic heterocycles. The largest absolute Gasteiger partial charge is 0.371 e. The van der Waals surface area contributed by atoms with Gasteiger partial charge >= 0.3 is 0 Å². The molecule has 1 saturated heterocycles. The molecule has 0 aliphatic carbocycles. The van der Waals surface area contributed by atoms with Crippen LogP contribution >= 0.6 is 0 Å². The summed E-state index contributed by atoms with van der Waals surface area (Å²) in [6, 6.07) is 4.65. The molecule has 6 heteroatoms. The van der Waals surface area contributed by atoms with Crippen LogP contribution < -0.4 is 9.62 Å². The van der Waals surface area contributed by atoms with Crippen LogP contribution in [0.25, 0.3) is 0 Å². The Morgan fingerprint density at radius 3 is 2.62 bits per heavy atom. The van der Waals surface area contributed by atoms with Gasteiger partial charge in [-0.15, -0.1) is 0 Å². The minimum Gasteiger partial charge on any atom is -0.371 e. The molecule has 0 saturated carbocycles. The number of nitrogens with zero attached hydrogens (tertiary/aromatic N) is 1. The molecule has 0 unspecified atom stereocenters. The highest BCUT2D eigenvalue weighted by atomic mass is 32.2. The van der Waals surface area contributed by atoms with Crippen LogP contribution in [0.5, 0.6) is 0 Å². The third-order valence-electron chi connectivity index (χ3n) is 3.70. The molecular formula is C15H23FN2O2S. The molecule has 118 valence electrons. The maximum Gasteiger partial charge on any atom is 0.232 e. The summed E-state index contributed by atoms with van der Waals surface area (Å²) in [6.07, 6.45) is 4.82. The van der Waals surface area contributed by atoms with E-state index in [9.17, 15) is 12.8 Å². The molecule has 1 aromatic carbocycles. The van der Waals surface area contributed by atoms with E-state index in [2.05, 4.69) is 9.62 Å². The first-order valence-corrected chi connectivity index (χ1v) is 9.22. The van der Waals surface area contributed by atoms with Crippen LogP contribution in [-0.4, -0.2) is 27.3 Å². The number of piperidine rings is 1. The fraction of sp³-hybridized carbons (Fsp3) is 0.600. The lowest BCUT2D eigenvalue weighted by Gasteiger charge is -2.29. The number of nitrogens with one attached hydrogen (secondary N) is 1. The summed E-state index contributed by atoms with van der Waals surface area (Å²) in [6.45, 7) is 3.80. The topological polar surface area (TPSA) is 49.4 Å². The van der Waals surface area contributed by atoms with Gasteiger partial charge in [0, 0.05) is 18.8 Å². The molecule has 21 heavy (non-hydrogen) atoms. The summed E-state index contributed by atoms with van der Waals surface area (Å²) < 4.78 is 40.0. The summed E-state index contributed by atoms with van der Waals surface area (Å²) in [5.74, 6) is -0.507. The number of hydrogen-bond acceptors (Lipinski definition) is 3. The molecule has 1 aliphatic rings. The highest BCUT2D eigenvalue weighted by molar-refractivity contribution is 7.92. The lowest BCUT2D eigenvalue weighted by Crippen LogP contribution is -2.29. The average Bonchev–Trinajstić information content (AvgIpc) is 2.48. The molecule has 4 nitrogen and oxygen atoms in total. The molecule has 0 atom stereocenters. The zero-order chi connectivity index (χ0) is 15.3. The van der Waals surface area contributed by atoms with Gasteiger partial charge in [-0.1, -0.05) is 13.3 Å². The second-order valence-electron chi connectivity index (χ2n) is 5.49. The molecule has 1 fully saturated rings. The number of anilines is 2. The Morgan fingerprint density at radius 1 is 1.24 bits per heavy atom. The quantitative estimate of drug-likeness (QED) is 0.876. The first-order valence-electron chi connectivity index (χ1n) is 7.57. The predicted octanol–water partition coefficient (Wildman–Crippen LogP) is 3.36.